The number of methoxy groups -OCH3 is 2. The number of aromatic nitrogens is 4. The zero-order chi connectivity index (χ0) is 20.9. The molecule has 4 heterocycles. The molecule has 3 aromatic rings. The van der Waals surface area contributed by atoms with Crippen molar-refractivity contribution in [2.24, 2.45) is 0 Å². The number of hydrogen-bond donors (Lipinski definition) is 1. The van der Waals surface area contributed by atoms with Crippen LogP contribution in [-0.4, -0.2) is 53.9 Å². The van der Waals surface area contributed by atoms with E-state index < -0.39 is 0 Å². The zero-order valence-electron chi connectivity index (χ0n) is 17.1. The highest BCUT2D eigenvalue weighted by atomic mass is 16.6. The van der Waals surface area contributed by atoms with E-state index in [0.29, 0.717) is 43.1 Å². The van der Waals surface area contributed by atoms with Crippen LogP contribution in [0.3, 0.4) is 0 Å². The second kappa shape index (κ2) is 8.81. The number of anilines is 1. The van der Waals surface area contributed by atoms with Gasteiger partial charge in [0, 0.05) is 42.0 Å². The van der Waals surface area contributed by atoms with Gasteiger partial charge in [-0.2, -0.15) is 0 Å². The maximum Gasteiger partial charge on any atom is 0.257 e. The number of rotatable bonds is 7. The van der Waals surface area contributed by atoms with E-state index in [-0.39, 0.29) is 5.92 Å². The third-order valence-electron chi connectivity index (χ3n) is 4.79. The fourth-order valence-electron chi connectivity index (χ4n) is 3.21. The quantitative estimate of drug-likeness (QED) is 0.631. The number of hydrogen-bond acceptors (Lipinski definition) is 9. The number of nitrogens with zero attached hydrogens (tertiary/aromatic N) is 4. The predicted octanol–water partition coefficient (Wildman–Crippen LogP) is 2.94. The molecule has 0 fully saturated rings. The van der Waals surface area contributed by atoms with Gasteiger partial charge in [0.05, 0.1) is 19.9 Å². The third kappa shape index (κ3) is 4.05. The van der Waals surface area contributed by atoms with E-state index in [1.54, 1.807) is 26.6 Å². The Morgan fingerprint density at radius 1 is 1.07 bits per heavy atom. The summed E-state index contributed by atoms with van der Waals surface area (Å²) in [6.45, 7) is 3.81. The second-order valence-electron chi connectivity index (χ2n) is 6.74. The molecule has 0 bridgehead atoms. The van der Waals surface area contributed by atoms with Gasteiger partial charge in [-0.3, -0.25) is 0 Å². The van der Waals surface area contributed by atoms with E-state index in [0.717, 1.165) is 22.6 Å². The van der Waals surface area contributed by atoms with Gasteiger partial charge in [-0.15, -0.1) is 0 Å². The average molecular weight is 409 g/mol. The van der Waals surface area contributed by atoms with Crippen molar-refractivity contribution in [1.29, 1.82) is 0 Å². The lowest BCUT2D eigenvalue weighted by atomic mass is 10.0. The Morgan fingerprint density at radius 2 is 1.93 bits per heavy atom. The second-order valence-corrected chi connectivity index (χ2v) is 6.74. The summed E-state index contributed by atoms with van der Waals surface area (Å²) >= 11 is 0. The summed E-state index contributed by atoms with van der Waals surface area (Å²) in [7, 11) is 3.12. The monoisotopic (exact) mass is 409 g/mol. The van der Waals surface area contributed by atoms with Gasteiger partial charge in [-0.1, -0.05) is 6.92 Å². The summed E-state index contributed by atoms with van der Waals surface area (Å²) in [5.41, 5.74) is 2.58. The molecular formula is C21H23N5O4. The lowest BCUT2D eigenvalue weighted by molar-refractivity contribution is 0.162. The van der Waals surface area contributed by atoms with Crippen LogP contribution in [-0.2, 0) is 0 Å². The third-order valence-corrected chi connectivity index (χ3v) is 4.79. The standard InChI is InChI=1S/C21H23N5O4/c1-13(15-4-5-22-21-19(15)29-6-7-30-21)10-23-18-9-16(25-12-26-18)14-8-17(27-2)20(28-3)24-11-14/h4-5,8-9,11-13H,6-7,10H2,1-3H3,(H,23,25,26)/t13-/m1/s1. The topological polar surface area (TPSA) is 101 Å². The summed E-state index contributed by atoms with van der Waals surface area (Å²) in [6.07, 6.45) is 4.95. The molecule has 156 valence electrons. The van der Waals surface area contributed by atoms with Gasteiger partial charge in [0.15, 0.2) is 11.5 Å². The van der Waals surface area contributed by atoms with E-state index in [1.807, 2.05) is 18.2 Å². The van der Waals surface area contributed by atoms with Crippen LogP contribution in [0.2, 0.25) is 0 Å². The normalized spacial score (nSPS) is 13.4. The van der Waals surface area contributed by atoms with Gasteiger partial charge in [0.1, 0.15) is 25.4 Å². The van der Waals surface area contributed by atoms with Crippen molar-refractivity contribution < 1.29 is 18.9 Å². The van der Waals surface area contributed by atoms with E-state index in [2.05, 4.69) is 32.2 Å². The van der Waals surface area contributed by atoms with Crippen molar-refractivity contribution in [2.75, 3.05) is 39.3 Å². The molecule has 1 aliphatic heterocycles. The molecule has 9 heteroatoms. The molecule has 0 spiro atoms. The van der Waals surface area contributed by atoms with Crippen LogP contribution in [0.15, 0.2) is 36.9 Å². The Bertz CT molecular complexity index is 1030. The smallest absolute Gasteiger partial charge is 0.257 e. The minimum atomic E-state index is 0.157. The molecule has 1 atom stereocenters. The van der Waals surface area contributed by atoms with Gasteiger partial charge >= 0.3 is 0 Å². The molecule has 0 amide bonds. The Labute approximate surface area is 174 Å². The fourth-order valence-corrected chi connectivity index (χ4v) is 3.21. The van der Waals surface area contributed by atoms with Crippen LogP contribution in [0, 0.1) is 0 Å². The van der Waals surface area contributed by atoms with Gasteiger partial charge in [0.25, 0.3) is 11.8 Å². The van der Waals surface area contributed by atoms with Crippen LogP contribution in [0.5, 0.6) is 23.3 Å². The largest absolute Gasteiger partial charge is 0.491 e. The molecule has 3 aromatic heterocycles. The maximum atomic E-state index is 5.78. The van der Waals surface area contributed by atoms with Crippen LogP contribution < -0.4 is 24.3 Å². The first-order valence-electron chi connectivity index (χ1n) is 9.58. The lowest BCUT2D eigenvalue weighted by Crippen LogP contribution is -2.19. The summed E-state index contributed by atoms with van der Waals surface area (Å²) in [5.74, 6) is 3.11. The summed E-state index contributed by atoms with van der Waals surface area (Å²) in [4.78, 5) is 17.2. The molecular weight excluding hydrogens is 386 g/mol. The zero-order valence-corrected chi connectivity index (χ0v) is 17.1. The first-order valence-corrected chi connectivity index (χ1v) is 9.58. The molecule has 4 rings (SSSR count). The molecule has 0 unspecified atom stereocenters. The van der Waals surface area contributed by atoms with Gasteiger partial charge in [-0.05, 0) is 12.1 Å². The average Bonchev–Trinajstić information content (AvgIpc) is 2.81. The van der Waals surface area contributed by atoms with Gasteiger partial charge < -0.3 is 24.3 Å². The molecule has 0 saturated carbocycles. The highest BCUT2D eigenvalue weighted by molar-refractivity contribution is 5.64. The van der Waals surface area contributed by atoms with E-state index in [1.165, 1.54) is 6.33 Å². The Balaban J connectivity index is 1.49. The summed E-state index contributed by atoms with van der Waals surface area (Å²) in [5, 5.41) is 3.37. The molecule has 0 aromatic carbocycles. The molecule has 0 saturated heterocycles. The highest BCUT2D eigenvalue weighted by Crippen LogP contribution is 2.36. The predicted molar refractivity (Wildman–Crippen MR) is 110 cm³/mol. The van der Waals surface area contributed by atoms with Gasteiger partial charge in [0.2, 0.25) is 0 Å². The van der Waals surface area contributed by atoms with E-state index >= 15 is 0 Å². The minimum Gasteiger partial charge on any atom is -0.491 e. The van der Waals surface area contributed by atoms with Crippen molar-refractivity contribution >= 4 is 5.82 Å². The van der Waals surface area contributed by atoms with E-state index in [9.17, 15) is 0 Å². The molecule has 1 N–H and O–H groups in total. The number of ether oxygens (including phenoxy) is 4. The van der Waals surface area contributed by atoms with Crippen LogP contribution in [0.4, 0.5) is 5.82 Å². The molecule has 0 aliphatic carbocycles. The summed E-state index contributed by atoms with van der Waals surface area (Å²) < 4.78 is 21.9. The maximum absolute atomic E-state index is 5.78. The SMILES string of the molecule is COc1cc(-c2cc(NC[C@@H](C)c3ccnc4c3OCCO4)ncn2)cnc1OC. The molecule has 9 nitrogen and oxygen atoms in total. The van der Waals surface area contributed by atoms with Crippen LogP contribution >= 0.6 is 0 Å². The van der Waals surface area contributed by atoms with E-state index in [4.69, 9.17) is 18.9 Å². The molecule has 1 aliphatic rings. The number of nitrogens with one attached hydrogen (secondary N) is 1. The van der Waals surface area contributed by atoms with Crippen molar-refractivity contribution in [2.45, 2.75) is 12.8 Å². The Hall–Kier alpha value is -3.62. The fraction of sp³-hybridized carbons (Fsp3) is 0.333. The van der Waals surface area contributed by atoms with Crippen molar-refractivity contribution in [3.8, 4) is 34.5 Å². The molecule has 0 radical (unpaired) electrons. The number of fused-ring (bicyclic) bond motifs is 1. The van der Waals surface area contributed by atoms with Gasteiger partial charge in [-0.25, -0.2) is 19.9 Å². The molecule has 30 heavy (non-hydrogen) atoms. The van der Waals surface area contributed by atoms with Crippen LogP contribution in [0.25, 0.3) is 11.3 Å². The van der Waals surface area contributed by atoms with Crippen molar-refractivity contribution in [3.05, 3.63) is 42.5 Å². The minimum absolute atomic E-state index is 0.157. The lowest BCUT2D eigenvalue weighted by Gasteiger charge is -2.22. The Kier molecular flexibility index (Phi) is 5.78. The highest BCUT2D eigenvalue weighted by Gasteiger charge is 2.21. The first-order chi connectivity index (χ1) is 14.7. The Morgan fingerprint density at radius 3 is 2.77 bits per heavy atom. The van der Waals surface area contributed by atoms with Crippen molar-refractivity contribution in [1.82, 2.24) is 19.9 Å². The number of pyridine rings is 2. The summed E-state index contributed by atoms with van der Waals surface area (Å²) in [6, 6.07) is 5.67. The van der Waals surface area contributed by atoms with Crippen molar-refractivity contribution in [3.63, 3.8) is 0 Å². The first kappa shape index (κ1) is 19.7. The van der Waals surface area contributed by atoms with Crippen LogP contribution in [0.1, 0.15) is 18.4 Å².